The molecule has 4 heteroatoms. The van der Waals surface area contributed by atoms with Crippen LogP contribution in [0.5, 0.6) is 0 Å². The van der Waals surface area contributed by atoms with Crippen LogP contribution in [0.3, 0.4) is 0 Å². The minimum absolute atomic E-state index is 0. The van der Waals surface area contributed by atoms with Gasteiger partial charge < -0.3 is 0 Å². The van der Waals surface area contributed by atoms with Gasteiger partial charge in [-0.2, -0.15) is 0 Å². The summed E-state index contributed by atoms with van der Waals surface area (Å²) in [5.74, 6) is 1.81. The molecule has 0 bridgehead atoms. The zero-order valence-electron chi connectivity index (χ0n) is 6.22. The van der Waals surface area contributed by atoms with E-state index in [1.165, 1.54) is 7.11 Å². The molecule has 0 aromatic heterocycles. The van der Waals surface area contributed by atoms with Crippen molar-refractivity contribution in [2.24, 2.45) is 0 Å². The van der Waals surface area contributed by atoms with E-state index in [0.717, 1.165) is 4.47 Å². The Labute approximate surface area is 74.0 Å². The molecule has 0 unspecified atom stereocenters. The predicted octanol–water partition coefficient (Wildman–Crippen LogP) is -3.06. The maximum absolute atomic E-state index is 10.5. The number of methoxy groups -OCH3 is 1. The smallest absolute Gasteiger partial charge is 1.00 e. The van der Waals surface area contributed by atoms with Gasteiger partial charge in [0.2, 0.25) is 0 Å². The molecule has 0 heterocycles. The summed E-state index contributed by atoms with van der Waals surface area (Å²) in [4.78, 5) is 0. The van der Waals surface area contributed by atoms with Gasteiger partial charge in [-0.3, -0.25) is 0 Å². The summed E-state index contributed by atoms with van der Waals surface area (Å²) in [6.45, 7) is 1.80. The molecule has 0 saturated carbocycles. The maximum atomic E-state index is 10.5. The van der Waals surface area contributed by atoms with Crippen LogP contribution >= 0.6 is 0 Å². The third kappa shape index (κ3) is 4.93. The Morgan fingerprint density at radius 2 is 2.00 bits per heavy atom. The molecule has 0 amide bonds. The van der Waals surface area contributed by atoms with E-state index in [0.29, 0.717) is 15.0 Å². The Bertz CT molecular complexity index is 91.1. The van der Waals surface area contributed by atoms with Crippen LogP contribution in [0.4, 0.5) is 0 Å². The summed E-state index contributed by atoms with van der Waals surface area (Å²) in [5, 5.41) is 10.5. The fourth-order valence-corrected chi connectivity index (χ4v) is 0.752. The van der Waals surface area contributed by atoms with Crippen LogP contribution in [-0.4, -0.2) is 22.1 Å². The molecule has 48 valence electrons. The quantitative estimate of drug-likeness (QED) is 0.339. The first kappa shape index (κ1) is 12.2. The van der Waals surface area contributed by atoms with Crippen molar-refractivity contribution in [1.82, 2.24) is 0 Å². The Morgan fingerprint density at radius 3 is 2.11 bits per heavy atom. The van der Waals surface area contributed by atoms with Gasteiger partial charge in [0.05, 0.1) is 0 Å². The molecule has 0 radical (unpaired) electrons. The second-order valence-corrected chi connectivity index (χ2v) is 3.39. The SMILES string of the molecule is CO/C([O-])=C(\C)[Se]C.[Li+]. The number of allylic oxidation sites excluding steroid dienone is 1. The molecule has 2 nitrogen and oxygen atoms in total. The van der Waals surface area contributed by atoms with Crippen molar-refractivity contribution >= 4 is 15.0 Å². The Hall–Kier alpha value is 0.457. The molecule has 9 heavy (non-hydrogen) atoms. The summed E-state index contributed by atoms with van der Waals surface area (Å²) in [7, 11) is 1.40. The van der Waals surface area contributed by atoms with Gasteiger partial charge in [-0.1, -0.05) is 0 Å². The van der Waals surface area contributed by atoms with Crippen LogP contribution in [0.15, 0.2) is 10.4 Å². The van der Waals surface area contributed by atoms with Gasteiger partial charge in [-0.15, -0.1) is 0 Å². The van der Waals surface area contributed by atoms with E-state index in [9.17, 15) is 5.11 Å². The van der Waals surface area contributed by atoms with E-state index < -0.39 is 0 Å². The topological polar surface area (TPSA) is 32.3 Å². The molecule has 0 spiro atoms. The molecule has 0 N–H and O–H groups in total. The number of hydrogen-bond acceptors (Lipinski definition) is 2. The zero-order valence-corrected chi connectivity index (χ0v) is 7.94. The van der Waals surface area contributed by atoms with E-state index in [1.807, 2.05) is 5.82 Å². The van der Waals surface area contributed by atoms with Gasteiger partial charge in [0, 0.05) is 0 Å². The van der Waals surface area contributed by atoms with E-state index in [-0.39, 0.29) is 24.8 Å². The fourth-order valence-electron chi connectivity index (χ4n) is 0.227. The molecule has 0 rings (SSSR count). The molecule has 0 aliphatic rings. The molecule has 0 saturated heterocycles. The van der Waals surface area contributed by atoms with Gasteiger partial charge in [0.15, 0.2) is 0 Å². The number of hydrogen-bond donors (Lipinski definition) is 0. The Morgan fingerprint density at radius 1 is 1.56 bits per heavy atom. The van der Waals surface area contributed by atoms with Gasteiger partial charge in [0.25, 0.3) is 0 Å². The van der Waals surface area contributed by atoms with Gasteiger partial charge >= 0.3 is 73.9 Å². The molecule has 0 aliphatic heterocycles. The van der Waals surface area contributed by atoms with Crippen molar-refractivity contribution in [3.05, 3.63) is 10.4 Å². The summed E-state index contributed by atoms with van der Waals surface area (Å²) >= 11 is 0.299. The molecule has 0 aromatic carbocycles. The number of rotatable bonds is 2. The van der Waals surface area contributed by atoms with Gasteiger partial charge in [0.1, 0.15) is 0 Å². The third-order valence-corrected chi connectivity index (χ3v) is 2.41. The van der Waals surface area contributed by atoms with Crippen molar-refractivity contribution in [1.29, 1.82) is 0 Å². The maximum Gasteiger partial charge on any atom is 1.00 e. The van der Waals surface area contributed by atoms with Crippen LogP contribution in [0.1, 0.15) is 6.92 Å². The van der Waals surface area contributed by atoms with Crippen LogP contribution in [0, 0.1) is 0 Å². The Kier molecular flexibility index (Phi) is 8.89. The van der Waals surface area contributed by atoms with Crippen molar-refractivity contribution in [2.45, 2.75) is 12.7 Å². The van der Waals surface area contributed by atoms with Crippen molar-refractivity contribution in [3.63, 3.8) is 0 Å². The van der Waals surface area contributed by atoms with E-state index in [2.05, 4.69) is 4.74 Å². The second-order valence-electron chi connectivity index (χ2n) is 1.25. The average molecular weight is 187 g/mol. The largest absolute Gasteiger partial charge is 1.00 e. The first-order valence-electron chi connectivity index (χ1n) is 2.18. The van der Waals surface area contributed by atoms with E-state index in [4.69, 9.17) is 0 Å². The molecular weight excluding hydrogens is 178 g/mol. The first-order chi connectivity index (χ1) is 3.72. The zero-order chi connectivity index (χ0) is 6.57. The van der Waals surface area contributed by atoms with Crippen molar-refractivity contribution < 1.29 is 28.7 Å². The third-order valence-electron chi connectivity index (χ3n) is 0.779. The summed E-state index contributed by atoms with van der Waals surface area (Å²) in [6, 6.07) is 0. The van der Waals surface area contributed by atoms with Gasteiger partial charge in [-0.05, 0) is 0 Å². The van der Waals surface area contributed by atoms with Crippen LogP contribution in [0.25, 0.3) is 0 Å². The molecule has 0 fully saturated rings. The van der Waals surface area contributed by atoms with Crippen molar-refractivity contribution in [2.75, 3.05) is 7.11 Å². The van der Waals surface area contributed by atoms with E-state index in [1.54, 1.807) is 6.92 Å². The standard InChI is InChI=1S/C5H10O2Se.Li/c1-4(8-3)5(6)7-2;/h6H,1-3H3;/q;+1/p-1/b5-4+;. The number of ether oxygens (including phenoxy) is 1. The van der Waals surface area contributed by atoms with E-state index >= 15 is 0 Å². The normalized spacial score (nSPS) is 11.4. The monoisotopic (exact) mass is 188 g/mol. The second kappa shape index (κ2) is 6.58. The predicted molar refractivity (Wildman–Crippen MR) is 31.3 cm³/mol. The van der Waals surface area contributed by atoms with Crippen LogP contribution < -0.4 is 24.0 Å². The Balaban J connectivity index is 0. The average Bonchev–Trinajstić information content (AvgIpc) is 1.84. The minimum Gasteiger partial charge on any atom is 1.00 e. The van der Waals surface area contributed by atoms with Crippen LogP contribution in [-0.2, 0) is 4.74 Å². The van der Waals surface area contributed by atoms with Crippen LogP contribution in [0.2, 0.25) is 5.82 Å². The first-order valence-corrected chi connectivity index (χ1v) is 4.75. The summed E-state index contributed by atoms with van der Waals surface area (Å²) in [6.07, 6.45) is 0. The summed E-state index contributed by atoms with van der Waals surface area (Å²) in [5.41, 5.74) is 0. The summed E-state index contributed by atoms with van der Waals surface area (Å²) < 4.78 is 5.28. The fraction of sp³-hybridized carbons (Fsp3) is 0.600. The molecular formula is C5H9LiO2Se. The minimum atomic E-state index is -0.174. The molecule has 0 aromatic rings. The van der Waals surface area contributed by atoms with Crippen molar-refractivity contribution in [3.8, 4) is 0 Å². The van der Waals surface area contributed by atoms with Gasteiger partial charge in [-0.25, -0.2) is 0 Å². The molecule has 0 aliphatic carbocycles. The molecule has 0 atom stereocenters.